The molecule has 0 saturated carbocycles. The largest absolute Gasteiger partial charge is 0.316 e. The lowest BCUT2D eigenvalue weighted by atomic mass is 10.1. The minimum absolute atomic E-state index is 0.0482. The molecule has 12 heavy (non-hydrogen) atoms. The standard InChI is InChI=1S/C9H9NO2/c1-4-7(2)5-6-8(3)9(11)10-12/h1,5-7H,3H2,2H3/b6-5-. The van der Waals surface area contributed by atoms with E-state index in [-0.39, 0.29) is 11.5 Å². The molecule has 0 aromatic rings. The third-order valence-electron chi connectivity index (χ3n) is 1.21. The maximum absolute atomic E-state index is 10.5. The number of hydrogen-bond acceptors (Lipinski definition) is 2. The van der Waals surface area contributed by atoms with Gasteiger partial charge in [0.05, 0.1) is 0 Å². The van der Waals surface area contributed by atoms with E-state index in [4.69, 9.17) is 6.42 Å². The molecule has 0 radical (unpaired) electrons. The second-order valence-electron chi connectivity index (χ2n) is 2.24. The van der Waals surface area contributed by atoms with Gasteiger partial charge in [-0.15, -0.1) is 11.3 Å². The molecule has 0 aliphatic heterocycles. The first-order valence-electron chi connectivity index (χ1n) is 3.32. The molecule has 0 rings (SSSR count). The summed E-state index contributed by atoms with van der Waals surface area (Å²) in [5.74, 6) is 1.48. The van der Waals surface area contributed by atoms with E-state index in [9.17, 15) is 9.70 Å². The zero-order chi connectivity index (χ0) is 9.56. The number of carbonyl (C=O) groups excluding carboxylic acids is 1. The summed E-state index contributed by atoms with van der Waals surface area (Å²) < 4.78 is 0. The zero-order valence-electron chi connectivity index (χ0n) is 6.78. The number of hydrogen-bond donors (Lipinski definition) is 0. The summed E-state index contributed by atoms with van der Waals surface area (Å²) in [4.78, 5) is 20.3. The van der Waals surface area contributed by atoms with Gasteiger partial charge in [0, 0.05) is 16.7 Å². The Kier molecular flexibility index (Phi) is 4.32. The molecule has 0 bridgehead atoms. The lowest BCUT2D eigenvalue weighted by Crippen LogP contribution is -1.93. The number of terminal acetylenes is 1. The molecule has 0 aliphatic rings. The average molecular weight is 163 g/mol. The van der Waals surface area contributed by atoms with Gasteiger partial charge in [0.2, 0.25) is 0 Å². The number of allylic oxidation sites excluding steroid dienone is 1. The van der Waals surface area contributed by atoms with Gasteiger partial charge in [0.25, 0.3) is 0 Å². The fourth-order valence-corrected chi connectivity index (χ4v) is 0.446. The highest BCUT2D eigenvalue weighted by molar-refractivity contribution is 5.95. The highest BCUT2D eigenvalue weighted by atomic mass is 16.3. The van der Waals surface area contributed by atoms with Crippen LogP contribution in [0.15, 0.2) is 29.5 Å². The number of rotatable bonds is 3. The summed E-state index contributed by atoms with van der Waals surface area (Å²) in [6, 6.07) is 0. The molecule has 1 atom stereocenters. The van der Waals surface area contributed by atoms with Crippen molar-refractivity contribution in [1.29, 1.82) is 0 Å². The Morgan fingerprint density at radius 2 is 2.33 bits per heavy atom. The van der Waals surface area contributed by atoms with E-state index in [2.05, 4.69) is 17.7 Å². The van der Waals surface area contributed by atoms with Crippen molar-refractivity contribution in [3.8, 4) is 12.3 Å². The van der Waals surface area contributed by atoms with Crippen molar-refractivity contribution in [2.24, 2.45) is 11.1 Å². The highest BCUT2D eigenvalue weighted by Gasteiger charge is 2.01. The summed E-state index contributed by atoms with van der Waals surface area (Å²) in [7, 11) is 0. The van der Waals surface area contributed by atoms with Gasteiger partial charge in [0.15, 0.2) is 0 Å². The Balaban J connectivity index is 4.20. The van der Waals surface area contributed by atoms with Crippen molar-refractivity contribution in [2.45, 2.75) is 6.92 Å². The molecule has 0 aromatic carbocycles. The molecule has 0 heterocycles. The molecule has 0 spiro atoms. The van der Waals surface area contributed by atoms with Gasteiger partial charge < -0.3 is 0 Å². The molecular weight excluding hydrogens is 154 g/mol. The van der Waals surface area contributed by atoms with E-state index in [0.29, 0.717) is 0 Å². The molecule has 62 valence electrons. The van der Waals surface area contributed by atoms with Crippen LogP contribution in [-0.4, -0.2) is 5.91 Å². The van der Waals surface area contributed by atoms with Gasteiger partial charge in [-0.2, -0.15) is 0 Å². The van der Waals surface area contributed by atoms with Crippen molar-refractivity contribution in [3.05, 3.63) is 29.2 Å². The maximum atomic E-state index is 10.5. The third kappa shape index (κ3) is 3.47. The average Bonchev–Trinajstić information content (AvgIpc) is 2.11. The summed E-state index contributed by atoms with van der Waals surface area (Å²) in [5.41, 5.74) is 0.0482. The van der Waals surface area contributed by atoms with Gasteiger partial charge in [-0.05, 0) is 6.92 Å². The van der Waals surface area contributed by atoms with Gasteiger partial charge in [-0.3, -0.25) is 4.79 Å². The molecule has 0 aliphatic carbocycles. The van der Waals surface area contributed by atoms with E-state index in [1.165, 1.54) is 6.08 Å². The molecule has 0 N–H and O–H groups in total. The SMILES string of the molecule is C#CC(C)/C=C\C(=C)C(=O)N=O. The lowest BCUT2D eigenvalue weighted by molar-refractivity contribution is -0.114. The first-order valence-corrected chi connectivity index (χ1v) is 3.32. The van der Waals surface area contributed by atoms with Crippen LogP contribution in [0, 0.1) is 23.2 Å². The van der Waals surface area contributed by atoms with E-state index in [1.54, 1.807) is 13.0 Å². The molecule has 0 aromatic heterocycles. The Labute approximate surface area is 71.1 Å². The van der Waals surface area contributed by atoms with Crippen LogP contribution in [0.1, 0.15) is 6.92 Å². The van der Waals surface area contributed by atoms with Crippen molar-refractivity contribution >= 4 is 5.91 Å². The van der Waals surface area contributed by atoms with Crippen molar-refractivity contribution in [3.63, 3.8) is 0 Å². The Morgan fingerprint density at radius 1 is 1.75 bits per heavy atom. The fraction of sp³-hybridized carbons (Fsp3) is 0.222. The topological polar surface area (TPSA) is 46.5 Å². The van der Waals surface area contributed by atoms with Crippen LogP contribution in [0.4, 0.5) is 0 Å². The van der Waals surface area contributed by atoms with E-state index >= 15 is 0 Å². The third-order valence-corrected chi connectivity index (χ3v) is 1.21. The summed E-state index contributed by atoms with van der Waals surface area (Å²) in [6.45, 7) is 5.11. The molecule has 0 saturated heterocycles. The molecule has 1 unspecified atom stereocenters. The minimum Gasteiger partial charge on any atom is -0.263 e. The van der Waals surface area contributed by atoms with Crippen LogP contribution >= 0.6 is 0 Å². The Bertz CT molecular complexity index is 271. The predicted molar refractivity (Wildman–Crippen MR) is 47.1 cm³/mol. The minimum atomic E-state index is -0.865. The molecule has 3 nitrogen and oxygen atoms in total. The first-order chi connectivity index (χ1) is 5.61. The van der Waals surface area contributed by atoms with Crippen LogP contribution in [0.5, 0.6) is 0 Å². The zero-order valence-corrected chi connectivity index (χ0v) is 6.78. The van der Waals surface area contributed by atoms with Crippen molar-refractivity contribution in [1.82, 2.24) is 0 Å². The van der Waals surface area contributed by atoms with Crippen molar-refractivity contribution in [2.75, 3.05) is 0 Å². The summed E-state index contributed by atoms with van der Waals surface area (Å²) in [6.07, 6.45) is 8.07. The van der Waals surface area contributed by atoms with Crippen LogP contribution < -0.4 is 0 Å². The van der Waals surface area contributed by atoms with Crippen LogP contribution in [0.25, 0.3) is 0 Å². The number of nitroso groups, excluding NO2 is 1. The normalized spacial score (nSPS) is 12.0. The second-order valence-corrected chi connectivity index (χ2v) is 2.24. The van der Waals surface area contributed by atoms with Crippen LogP contribution in [-0.2, 0) is 4.79 Å². The fourth-order valence-electron chi connectivity index (χ4n) is 0.446. The number of carbonyl (C=O) groups is 1. The van der Waals surface area contributed by atoms with E-state index in [1.807, 2.05) is 0 Å². The molecular formula is C9H9NO2. The quantitative estimate of drug-likeness (QED) is 0.275. The monoisotopic (exact) mass is 163 g/mol. The number of nitrogens with zero attached hydrogens (tertiary/aromatic N) is 1. The van der Waals surface area contributed by atoms with E-state index in [0.717, 1.165) is 0 Å². The van der Waals surface area contributed by atoms with Gasteiger partial charge in [-0.1, -0.05) is 24.7 Å². The summed E-state index contributed by atoms with van der Waals surface area (Å²) >= 11 is 0. The molecule has 0 fully saturated rings. The van der Waals surface area contributed by atoms with Crippen LogP contribution in [0.3, 0.4) is 0 Å². The van der Waals surface area contributed by atoms with Crippen LogP contribution in [0.2, 0.25) is 0 Å². The summed E-state index contributed by atoms with van der Waals surface area (Å²) in [5, 5.41) is 2.20. The lowest BCUT2D eigenvalue weighted by Gasteiger charge is -1.92. The first kappa shape index (κ1) is 10.3. The Morgan fingerprint density at radius 3 is 2.75 bits per heavy atom. The molecule has 1 amide bonds. The highest BCUT2D eigenvalue weighted by Crippen LogP contribution is 2.00. The van der Waals surface area contributed by atoms with Gasteiger partial charge in [-0.25, -0.2) is 0 Å². The maximum Gasteiger partial charge on any atom is 0.316 e. The second kappa shape index (κ2) is 5.03. The smallest absolute Gasteiger partial charge is 0.263 e. The predicted octanol–water partition coefficient (Wildman–Crippen LogP) is 1.66. The Hall–Kier alpha value is -1.69. The number of amides is 1. The van der Waals surface area contributed by atoms with Gasteiger partial charge >= 0.3 is 5.91 Å². The van der Waals surface area contributed by atoms with E-state index < -0.39 is 5.91 Å². The van der Waals surface area contributed by atoms with Gasteiger partial charge in [0.1, 0.15) is 0 Å². The molecule has 3 heteroatoms. The van der Waals surface area contributed by atoms with Crippen molar-refractivity contribution < 1.29 is 4.79 Å².